The zero-order valence-corrected chi connectivity index (χ0v) is 14.5. The molecule has 0 bridgehead atoms. The molecule has 1 heterocycles. The fourth-order valence-corrected chi connectivity index (χ4v) is 2.40. The number of nitriles is 1. The number of carbonyl (C=O) groups excluding carboxylic acids is 1. The SMILES string of the molecule is Cc1cc(C(=O)Nc2ccc(C#N)cc2)nc(NCc2ccccc2F)n1. The second kappa shape index (κ2) is 8.06. The monoisotopic (exact) mass is 361 g/mol. The van der Waals surface area contributed by atoms with Gasteiger partial charge in [-0.15, -0.1) is 0 Å². The van der Waals surface area contributed by atoms with Crippen LogP contribution in [0.4, 0.5) is 16.0 Å². The number of hydrogen-bond acceptors (Lipinski definition) is 5. The fraction of sp³-hybridized carbons (Fsp3) is 0.100. The smallest absolute Gasteiger partial charge is 0.274 e. The summed E-state index contributed by atoms with van der Waals surface area (Å²) in [5.41, 5.74) is 2.32. The van der Waals surface area contributed by atoms with Crippen molar-refractivity contribution in [2.75, 3.05) is 10.6 Å². The van der Waals surface area contributed by atoms with Gasteiger partial charge in [0.15, 0.2) is 0 Å². The fourth-order valence-electron chi connectivity index (χ4n) is 2.40. The van der Waals surface area contributed by atoms with Crippen LogP contribution in [0.25, 0.3) is 0 Å². The molecule has 0 saturated heterocycles. The minimum absolute atomic E-state index is 0.183. The number of amides is 1. The van der Waals surface area contributed by atoms with Crippen LogP contribution < -0.4 is 10.6 Å². The molecular formula is C20H16FN5O. The van der Waals surface area contributed by atoms with Gasteiger partial charge in [-0.2, -0.15) is 5.26 Å². The van der Waals surface area contributed by atoms with Gasteiger partial charge in [0.25, 0.3) is 5.91 Å². The maximum Gasteiger partial charge on any atom is 0.274 e. The van der Waals surface area contributed by atoms with Crippen LogP contribution in [-0.4, -0.2) is 15.9 Å². The van der Waals surface area contributed by atoms with E-state index in [0.29, 0.717) is 22.5 Å². The Balaban J connectivity index is 1.73. The number of nitrogens with zero attached hydrogens (tertiary/aromatic N) is 3. The average Bonchev–Trinajstić information content (AvgIpc) is 2.67. The normalized spacial score (nSPS) is 10.1. The van der Waals surface area contributed by atoms with Gasteiger partial charge in [-0.1, -0.05) is 18.2 Å². The van der Waals surface area contributed by atoms with E-state index in [-0.39, 0.29) is 24.0 Å². The van der Waals surface area contributed by atoms with Gasteiger partial charge in [0.05, 0.1) is 11.6 Å². The summed E-state index contributed by atoms with van der Waals surface area (Å²) in [6.45, 7) is 1.95. The molecule has 1 aromatic heterocycles. The average molecular weight is 361 g/mol. The standard InChI is InChI=1S/C20H16FN5O/c1-13-10-18(19(27)25-16-8-6-14(11-22)7-9-16)26-20(24-13)23-12-15-4-2-3-5-17(15)21/h2-10H,12H2,1H3,(H,25,27)(H,23,24,26). The van der Waals surface area contributed by atoms with Crippen molar-refractivity contribution in [2.24, 2.45) is 0 Å². The predicted octanol–water partition coefficient (Wildman–Crippen LogP) is 3.66. The third kappa shape index (κ3) is 4.64. The molecule has 0 atom stereocenters. The second-order valence-electron chi connectivity index (χ2n) is 5.81. The van der Waals surface area contributed by atoms with Crippen molar-refractivity contribution >= 4 is 17.5 Å². The quantitative estimate of drug-likeness (QED) is 0.724. The molecule has 0 aliphatic carbocycles. The van der Waals surface area contributed by atoms with E-state index in [2.05, 4.69) is 20.6 Å². The Labute approximate surface area is 155 Å². The lowest BCUT2D eigenvalue weighted by Gasteiger charge is -2.09. The van der Waals surface area contributed by atoms with Crippen molar-refractivity contribution in [2.45, 2.75) is 13.5 Å². The van der Waals surface area contributed by atoms with E-state index in [1.807, 2.05) is 6.07 Å². The Hall–Kier alpha value is -3.79. The molecule has 3 rings (SSSR count). The van der Waals surface area contributed by atoms with E-state index < -0.39 is 5.91 Å². The van der Waals surface area contributed by atoms with Crippen molar-refractivity contribution in [1.29, 1.82) is 5.26 Å². The number of anilines is 2. The summed E-state index contributed by atoms with van der Waals surface area (Å²) in [4.78, 5) is 20.9. The lowest BCUT2D eigenvalue weighted by atomic mass is 10.2. The van der Waals surface area contributed by atoms with Gasteiger partial charge in [0, 0.05) is 23.5 Å². The molecular weight excluding hydrogens is 345 g/mol. The van der Waals surface area contributed by atoms with Crippen LogP contribution in [0.15, 0.2) is 54.6 Å². The summed E-state index contributed by atoms with van der Waals surface area (Å²) in [7, 11) is 0. The summed E-state index contributed by atoms with van der Waals surface area (Å²) >= 11 is 0. The first-order valence-electron chi connectivity index (χ1n) is 8.19. The van der Waals surface area contributed by atoms with E-state index in [9.17, 15) is 9.18 Å². The minimum Gasteiger partial charge on any atom is -0.350 e. The first kappa shape index (κ1) is 18.0. The molecule has 0 aliphatic heterocycles. The molecule has 0 unspecified atom stereocenters. The lowest BCUT2D eigenvalue weighted by Crippen LogP contribution is -2.16. The molecule has 2 N–H and O–H groups in total. The van der Waals surface area contributed by atoms with Crippen molar-refractivity contribution in [1.82, 2.24) is 9.97 Å². The highest BCUT2D eigenvalue weighted by Crippen LogP contribution is 2.13. The van der Waals surface area contributed by atoms with Crippen molar-refractivity contribution in [3.05, 3.63) is 82.9 Å². The highest BCUT2D eigenvalue weighted by molar-refractivity contribution is 6.03. The Bertz CT molecular complexity index is 1010. The molecule has 0 radical (unpaired) electrons. The zero-order chi connectivity index (χ0) is 19.2. The molecule has 7 heteroatoms. The third-order valence-corrected chi connectivity index (χ3v) is 3.75. The van der Waals surface area contributed by atoms with E-state index >= 15 is 0 Å². The van der Waals surface area contributed by atoms with E-state index in [0.717, 1.165) is 0 Å². The van der Waals surface area contributed by atoms with Gasteiger partial charge in [-0.3, -0.25) is 4.79 Å². The van der Waals surface area contributed by atoms with Gasteiger partial charge in [-0.05, 0) is 43.3 Å². The van der Waals surface area contributed by atoms with E-state index in [1.165, 1.54) is 6.07 Å². The molecule has 3 aromatic rings. The minimum atomic E-state index is -0.404. The maximum atomic E-state index is 13.7. The number of nitrogens with one attached hydrogen (secondary N) is 2. The predicted molar refractivity (Wildman–Crippen MR) is 99.6 cm³/mol. The molecule has 27 heavy (non-hydrogen) atoms. The molecule has 0 fully saturated rings. The highest BCUT2D eigenvalue weighted by atomic mass is 19.1. The number of aromatic nitrogens is 2. The summed E-state index contributed by atoms with van der Waals surface area (Å²) in [6.07, 6.45) is 0. The Morgan fingerprint density at radius 3 is 2.59 bits per heavy atom. The van der Waals surface area contributed by atoms with Crippen molar-refractivity contribution in [3.63, 3.8) is 0 Å². The number of carbonyl (C=O) groups is 1. The Morgan fingerprint density at radius 2 is 1.89 bits per heavy atom. The molecule has 1 amide bonds. The number of hydrogen-bond donors (Lipinski definition) is 2. The topological polar surface area (TPSA) is 90.7 Å². The molecule has 0 spiro atoms. The molecule has 6 nitrogen and oxygen atoms in total. The summed E-state index contributed by atoms with van der Waals surface area (Å²) in [6, 6.07) is 16.5. The van der Waals surface area contributed by atoms with Crippen LogP contribution >= 0.6 is 0 Å². The Kier molecular flexibility index (Phi) is 5.38. The van der Waals surface area contributed by atoms with Gasteiger partial charge >= 0.3 is 0 Å². The number of benzene rings is 2. The van der Waals surface area contributed by atoms with Crippen LogP contribution in [0, 0.1) is 24.1 Å². The van der Waals surface area contributed by atoms with Gasteiger partial charge < -0.3 is 10.6 Å². The molecule has 134 valence electrons. The van der Waals surface area contributed by atoms with Crippen molar-refractivity contribution in [3.8, 4) is 6.07 Å². The largest absolute Gasteiger partial charge is 0.350 e. The maximum absolute atomic E-state index is 13.7. The Morgan fingerprint density at radius 1 is 1.15 bits per heavy atom. The van der Waals surface area contributed by atoms with Crippen LogP contribution in [0.5, 0.6) is 0 Å². The van der Waals surface area contributed by atoms with Gasteiger partial charge in [0.1, 0.15) is 11.5 Å². The number of halogens is 1. The first-order chi connectivity index (χ1) is 13.0. The van der Waals surface area contributed by atoms with Crippen LogP contribution in [0.1, 0.15) is 27.3 Å². The second-order valence-corrected chi connectivity index (χ2v) is 5.81. The highest BCUT2D eigenvalue weighted by Gasteiger charge is 2.11. The van der Waals surface area contributed by atoms with Gasteiger partial charge in [-0.25, -0.2) is 14.4 Å². The third-order valence-electron chi connectivity index (χ3n) is 3.75. The van der Waals surface area contributed by atoms with E-state index in [4.69, 9.17) is 5.26 Å². The van der Waals surface area contributed by atoms with Crippen LogP contribution in [-0.2, 0) is 6.54 Å². The summed E-state index contributed by atoms with van der Waals surface area (Å²) < 4.78 is 13.7. The van der Waals surface area contributed by atoms with Gasteiger partial charge in [0.2, 0.25) is 5.95 Å². The summed E-state index contributed by atoms with van der Waals surface area (Å²) in [5.74, 6) is -0.487. The molecule has 2 aromatic carbocycles. The van der Waals surface area contributed by atoms with Crippen molar-refractivity contribution < 1.29 is 9.18 Å². The molecule has 0 saturated carbocycles. The number of aryl methyl sites for hydroxylation is 1. The lowest BCUT2D eigenvalue weighted by molar-refractivity contribution is 0.102. The zero-order valence-electron chi connectivity index (χ0n) is 14.5. The van der Waals surface area contributed by atoms with E-state index in [1.54, 1.807) is 55.5 Å². The summed E-state index contributed by atoms with van der Waals surface area (Å²) in [5, 5.41) is 14.5. The van der Waals surface area contributed by atoms with Crippen LogP contribution in [0.3, 0.4) is 0 Å². The number of rotatable bonds is 5. The van der Waals surface area contributed by atoms with Crippen LogP contribution in [0.2, 0.25) is 0 Å². The molecule has 0 aliphatic rings. The first-order valence-corrected chi connectivity index (χ1v) is 8.19.